The van der Waals surface area contributed by atoms with Crippen LogP contribution in [0.3, 0.4) is 0 Å². The fourth-order valence-corrected chi connectivity index (χ4v) is 4.16. The molecule has 0 aliphatic carbocycles. The van der Waals surface area contributed by atoms with Gasteiger partial charge in [0.1, 0.15) is 0 Å². The minimum atomic E-state index is -3.10. The molecule has 2 rings (SSSR count). The predicted octanol–water partition coefficient (Wildman–Crippen LogP) is 0.674. The fraction of sp³-hybridized carbons (Fsp3) is 0.812. The van der Waals surface area contributed by atoms with Crippen molar-refractivity contribution < 1.29 is 8.42 Å². The maximum Gasteiger partial charge on any atom is 0.211 e. The minimum absolute atomic E-state index is 0.132. The molecule has 7 nitrogen and oxygen atoms in total. The SMILES string of the molecule is CCS(=O)(=O)NCCN(C)C[C@@H]1CCCN(C)[C@H]1c1cnn(C)c1. The number of aryl methyl sites for hydroxylation is 1. The number of hydrogen-bond acceptors (Lipinski definition) is 5. The van der Waals surface area contributed by atoms with Crippen LogP contribution in [0.25, 0.3) is 0 Å². The molecule has 24 heavy (non-hydrogen) atoms. The fourth-order valence-electron chi connectivity index (χ4n) is 3.56. The number of rotatable bonds is 8. The normalized spacial score (nSPS) is 23.0. The number of piperidine rings is 1. The summed E-state index contributed by atoms with van der Waals surface area (Å²) in [6.45, 7) is 4.90. The number of nitrogens with one attached hydrogen (secondary N) is 1. The van der Waals surface area contributed by atoms with Crippen molar-refractivity contribution in [2.45, 2.75) is 25.8 Å². The maximum absolute atomic E-state index is 11.5. The first-order valence-corrected chi connectivity index (χ1v) is 10.3. The van der Waals surface area contributed by atoms with Crippen LogP contribution in [0.15, 0.2) is 12.4 Å². The molecule has 1 N–H and O–H groups in total. The van der Waals surface area contributed by atoms with E-state index in [0.717, 1.165) is 19.6 Å². The Kier molecular flexibility index (Phi) is 6.79. The van der Waals surface area contributed by atoms with Crippen LogP contribution in [-0.4, -0.2) is 74.0 Å². The lowest BCUT2D eigenvalue weighted by atomic mass is 9.86. The van der Waals surface area contributed by atoms with Crippen molar-refractivity contribution >= 4 is 10.0 Å². The van der Waals surface area contributed by atoms with Gasteiger partial charge in [-0.15, -0.1) is 0 Å². The molecule has 8 heteroatoms. The molecule has 2 atom stereocenters. The molecule has 1 aromatic heterocycles. The van der Waals surface area contributed by atoms with E-state index >= 15 is 0 Å². The zero-order chi connectivity index (χ0) is 17.7. The minimum Gasteiger partial charge on any atom is -0.305 e. The average Bonchev–Trinajstić information content (AvgIpc) is 2.93. The van der Waals surface area contributed by atoms with Gasteiger partial charge in [0.15, 0.2) is 0 Å². The first-order valence-electron chi connectivity index (χ1n) is 8.67. The zero-order valence-electron chi connectivity index (χ0n) is 15.3. The van der Waals surface area contributed by atoms with Crippen LogP contribution in [0.2, 0.25) is 0 Å². The van der Waals surface area contributed by atoms with Crippen molar-refractivity contribution in [2.24, 2.45) is 13.0 Å². The van der Waals surface area contributed by atoms with Crippen LogP contribution in [-0.2, 0) is 17.1 Å². The number of sulfonamides is 1. The van der Waals surface area contributed by atoms with Gasteiger partial charge in [0.05, 0.1) is 11.9 Å². The van der Waals surface area contributed by atoms with Crippen LogP contribution < -0.4 is 4.72 Å². The molecule has 138 valence electrons. The quantitative estimate of drug-likeness (QED) is 0.741. The van der Waals surface area contributed by atoms with Crippen LogP contribution in [0, 0.1) is 5.92 Å². The summed E-state index contributed by atoms with van der Waals surface area (Å²) in [5, 5.41) is 4.33. The van der Waals surface area contributed by atoms with Gasteiger partial charge < -0.3 is 4.90 Å². The van der Waals surface area contributed by atoms with E-state index < -0.39 is 10.0 Å². The Hall–Kier alpha value is -0.960. The second kappa shape index (κ2) is 8.42. The van der Waals surface area contributed by atoms with Crippen LogP contribution in [0.4, 0.5) is 0 Å². The van der Waals surface area contributed by atoms with Gasteiger partial charge in [0.2, 0.25) is 10.0 Å². The Balaban J connectivity index is 1.93. The van der Waals surface area contributed by atoms with Crippen LogP contribution >= 0.6 is 0 Å². The first kappa shape index (κ1) is 19.4. The van der Waals surface area contributed by atoms with E-state index in [1.807, 2.05) is 17.9 Å². The Bertz CT molecular complexity index is 616. The number of nitrogens with zero attached hydrogens (tertiary/aromatic N) is 4. The van der Waals surface area contributed by atoms with Crippen molar-refractivity contribution in [2.75, 3.05) is 46.0 Å². The molecule has 0 unspecified atom stereocenters. The lowest BCUT2D eigenvalue weighted by Crippen LogP contribution is -2.42. The van der Waals surface area contributed by atoms with Gasteiger partial charge in [-0.25, -0.2) is 13.1 Å². The molecule has 0 bridgehead atoms. The van der Waals surface area contributed by atoms with E-state index in [4.69, 9.17) is 0 Å². The van der Waals surface area contributed by atoms with Crippen molar-refractivity contribution in [3.8, 4) is 0 Å². The van der Waals surface area contributed by atoms with E-state index in [-0.39, 0.29) is 5.75 Å². The number of likely N-dealkylation sites (tertiary alicyclic amines) is 1. The smallest absolute Gasteiger partial charge is 0.211 e. The molecule has 0 saturated carbocycles. The second-order valence-corrected chi connectivity index (χ2v) is 8.93. The monoisotopic (exact) mass is 357 g/mol. The molecular formula is C16H31N5O2S. The number of aromatic nitrogens is 2. The van der Waals surface area contributed by atoms with Gasteiger partial charge in [-0.3, -0.25) is 9.58 Å². The molecule has 1 aromatic rings. The predicted molar refractivity (Wildman–Crippen MR) is 96.3 cm³/mol. The summed E-state index contributed by atoms with van der Waals surface area (Å²) in [5.74, 6) is 0.661. The Morgan fingerprint density at radius 3 is 2.79 bits per heavy atom. The van der Waals surface area contributed by atoms with Gasteiger partial charge in [-0.2, -0.15) is 5.10 Å². The molecule has 0 aromatic carbocycles. The lowest BCUT2D eigenvalue weighted by molar-refractivity contribution is 0.0949. The van der Waals surface area contributed by atoms with Gasteiger partial charge >= 0.3 is 0 Å². The highest BCUT2D eigenvalue weighted by Gasteiger charge is 2.31. The zero-order valence-corrected chi connectivity index (χ0v) is 16.1. The highest BCUT2D eigenvalue weighted by molar-refractivity contribution is 7.89. The molecule has 0 amide bonds. The van der Waals surface area contributed by atoms with Gasteiger partial charge in [0, 0.05) is 44.5 Å². The summed E-state index contributed by atoms with van der Waals surface area (Å²) in [4.78, 5) is 4.64. The second-order valence-electron chi connectivity index (χ2n) is 6.84. The maximum atomic E-state index is 11.5. The van der Waals surface area contributed by atoms with Crippen molar-refractivity contribution in [3.63, 3.8) is 0 Å². The molecule has 1 aliphatic rings. The van der Waals surface area contributed by atoms with Gasteiger partial charge in [-0.1, -0.05) is 0 Å². The van der Waals surface area contributed by atoms with Crippen molar-refractivity contribution in [1.82, 2.24) is 24.3 Å². The van der Waals surface area contributed by atoms with E-state index in [1.54, 1.807) is 6.92 Å². The first-order chi connectivity index (χ1) is 11.3. The summed E-state index contributed by atoms with van der Waals surface area (Å²) < 4.78 is 27.5. The van der Waals surface area contributed by atoms with E-state index in [9.17, 15) is 8.42 Å². The lowest BCUT2D eigenvalue weighted by Gasteiger charge is -2.40. The van der Waals surface area contributed by atoms with Crippen LogP contribution in [0.5, 0.6) is 0 Å². The molecule has 2 heterocycles. The summed E-state index contributed by atoms with van der Waals surface area (Å²) >= 11 is 0. The summed E-state index contributed by atoms with van der Waals surface area (Å²) in [6.07, 6.45) is 6.47. The summed E-state index contributed by atoms with van der Waals surface area (Å²) in [5.41, 5.74) is 1.27. The van der Waals surface area contributed by atoms with E-state index in [0.29, 0.717) is 18.5 Å². The van der Waals surface area contributed by atoms with E-state index in [1.165, 1.54) is 18.4 Å². The Morgan fingerprint density at radius 2 is 2.17 bits per heavy atom. The largest absolute Gasteiger partial charge is 0.305 e. The molecular weight excluding hydrogens is 326 g/mol. The highest BCUT2D eigenvalue weighted by atomic mass is 32.2. The van der Waals surface area contributed by atoms with Crippen molar-refractivity contribution in [3.05, 3.63) is 18.0 Å². The van der Waals surface area contributed by atoms with Gasteiger partial charge in [-0.05, 0) is 46.3 Å². The molecule has 0 radical (unpaired) electrons. The average molecular weight is 358 g/mol. The van der Waals surface area contributed by atoms with Crippen molar-refractivity contribution in [1.29, 1.82) is 0 Å². The number of hydrogen-bond donors (Lipinski definition) is 1. The third kappa shape index (κ3) is 5.27. The summed E-state index contributed by atoms with van der Waals surface area (Å²) in [7, 11) is 3.09. The molecule has 1 saturated heterocycles. The highest BCUT2D eigenvalue weighted by Crippen LogP contribution is 2.35. The molecule has 1 aliphatic heterocycles. The number of likely N-dealkylation sites (N-methyl/N-ethyl adjacent to an activating group) is 1. The van der Waals surface area contributed by atoms with Gasteiger partial charge in [0.25, 0.3) is 0 Å². The molecule has 1 fully saturated rings. The molecule has 0 spiro atoms. The van der Waals surface area contributed by atoms with E-state index in [2.05, 4.69) is 39.9 Å². The van der Waals surface area contributed by atoms with Crippen LogP contribution in [0.1, 0.15) is 31.4 Å². The standard InChI is InChI=1S/C16H31N5O2S/c1-5-24(22,23)18-8-10-19(2)12-14-7-6-9-20(3)16(14)15-11-17-21(4)13-15/h11,13-14,16,18H,5-10,12H2,1-4H3/t14-,16+/m0/s1. The third-order valence-electron chi connectivity index (χ3n) is 4.82. The Labute approximate surface area is 146 Å². The summed E-state index contributed by atoms with van der Waals surface area (Å²) in [6, 6.07) is 0.377. The Morgan fingerprint density at radius 1 is 1.42 bits per heavy atom. The topological polar surface area (TPSA) is 70.5 Å². The third-order valence-corrected chi connectivity index (χ3v) is 6.22.